The van der Waals surface area contributed by atoms with Gasteiger partial charge in [-0.3, -0.25) is 4.79 Å². The number of hydrogen-bond acceptors (Lipinski definition) is 8. The monoisotopic (exact) mass is 617 g/mol. The number of nitrogens with zero attached hydrogens (tertiary/aromatic N) is 5. The Morgan fingerprint density at radius 1 is 1.15 bits per heavy atom. The molecule has 1 aliphatic heterocycles. The molecular formula is C26H27BrF3N9O. The van der Waals surface area contributed by atoms with E-state index in [2.05, 4.69) is 53.0 Å². The summed E-state index contributed by atoms with van der Waals surface area (Å²) in [5, 5.41) is 5.39. The van der Waals surface area contributed by atoms with Crippen LogP contribution >= 0.6 is 15.9 Å². The van der Waals surface area contributed by atoms with Crippen LogP contribution in [-0.4, -0.2) is 59.8 Å². The van der Waals surface area contributed by atoms with Crippen LogP contribution < -0.4 is 27.0 Å². The van der Waals surface area contributed by atoms with Gasteiger partial charge in [0.1, 0.15) is 11.4 Å². The molecule has 10 nitrogen and oxygen atoms in total. The van der Waals surface area contributed by atoms with Gasteiger partial charge in [0, 0.05) is 41.9 Å². The second kappa shape index (κ2) is 11.9. The molecule has 0 radical (unpaired) electrons. The van der Waals surface area contributed by atoms with Gasteiger partial charge < -0.3 is 31.9 Å². The minimum absolute atomic E-state index is 0.000321. The molecule has 0 atom stereocenters. The fourth-order valence-electron chi connectivity index (χ4n) is 3.94. The SMILES string of the molecule is C=CNc1c(N)nc(N2CCN(C)CC2)nc1C(N)=Nc1cc(C(=O)Nc2cccc(C(F)(F)F)c2)ccc1Br. The zero-order valence-electron chi connectivity index (χ0n) is 21.5. The molecule has 0 bridgehead atoms. The number of benzene rings is 2. The van der Waals surface area contributed by atoms with E-state index in [0.29, 0.717) is 29.2 Å². The molecule has 0 aliphatic carbocycles. The molecule has 1 amide bonds. The highest BCUT2D eigenvalue weighted by Gasteiger charge is 2.30. The molecule has 4 rings (SSSR count). The highest BCUT2D eigenvalue weighted by molar-refractivity contribution is 9.10. The van der Waals surface area contributed by atoms with Crippen LogP contribution in [0.2, 0.25) is 0 Å². The summed E-state index contributed by atoms with van der Waals surface area (Å²) < 4.78 is 39.7. The number of rotatable bonds is 7. The summed E-state index contributed by atoms with van der Waals surface area (Å²) >= 11 is 3.40. The number of nitrogens with one attached hydrogen (secondary N) is 2. The third-order valence-corrected chi connectivity index (χ3v) is 6.77. The van der Waals surface area contributed by atoms with Crippen LogP contribution in [0.4, 0.5) is 42.0 Å². The van der Waals surface area contributed by atoms with Gasteiger partial charge in [-0.1, -0.05) is 12.6 Å². The summed E-state index contributed by atoms with van der Waals surface area (Å²) in [6.07, 6.45) is -3.12. The van der Waals surface area contributed by atoms with Crippen molar-refractivity contribution in [3.8, 4) is 0 Å². The van der Waals surface area contributed by atoms with E-state index in [4.69, 9.17) is 11.5 Å². The molecule has 1 aliphatic rings. The molecular weight excluding hydrogens is 591 g/mol. The van der Waals surface area contributed by atoms with Crippen LogP contribution in [0.3, 0.4) is 0 Å². The predicted molar refractivity (Wildman–Crippen MR) is 154 cm³/mol. The van der Waals surface area contributed by atoms with Crippen LogP contribution in [0.25, 0.3) is 0 Å². The first-order valence-electron chi connectivity index (χ1n) is 12.1. The summed E-state index contributed by atoms with van der Waals surface area (Å²) in [4.78, 5) is 30.6. The predicted octanol–water partition coefficient (Wildman–Crippen LogP) is 4.44. The van der Waals surface area contributed by atoms with E-state index < -0.39 is 17.6 Å². The highest BCUT2D eigenvalue weighted by atomic mass is 79.9. The molecule has 1 aromatic heterocycles. The van der Waals surface area contributed by atoms with Gasteiger partial charge in [-0.15, -0.1) is 0 Å². The van der Waals surface area contributed by atoms with E-state index in [-0.39, 0.29) is 34.3 Å². The van der Waals surface area contributed by atoms with Gasteiger partial charge >= 0.3 is 6.18 Å². The number of aromatic nitrogens is 2. The van der Waals surface area contributed by atoms with Crippen LogP contribution in [0, 0.1) is 0 Å². The number of amidine groups is 1. The number of nitrogens with two attached hydrogens (primary N) is 2. The van der Waals surface area contributed by atoms with E-state index in [9.17, 15) is 18.0 Å². The Morgan fingerprint density at radius 3 is 2.55 bits per heavy atom. The van der Waals surface area contributed by atoms with Crippen LogP contribution in [-0.2, 0) is 6.18 Å². The van der Waals surface area contributed by atoms with Crippen molar-refractivity contribution < 1.29 is 18.0 Å². The molecule has 0 unspecified atom stereocenters. The number of carbonyl (C=O) groups is 1. The van der Waals surface area contributed by atoms with E-state index in [1.807, 2.05) is 11.9 Å². The summed E-state index contributed by atoms with van der Waals surface area (Å²) in [5.74, 6) is -0.0728. The lowest BCUT2D eigenvalue weighted by Crippen LogP contribution is -2.45. The van der Waals surface area contributed by atoms with Crippen molar-refractivity contribution in [1.82, 2.24) is 14.9 Å². The number of aliphatic imine (C=N–C) groups is 1. The average molecular weight is 618 g/mol. The lowest BCUT2D eigenvalue weighted by atomic mass is 10.1. The Morgan fingerprint density at radius 2 is 1.88 bits per heavy atom. The average Bonchev–Trinajstić information content (AvgIpc) is 2.91. The van der Waals surface area contributed by atoms with Crippen molar-refractivity contribution in [2.45, 2.75) is 6.18 Å². The number of nitrogen functional groups attached to an aromatic ring is 1. The van der Waals surface area contributed by atoms with Gasteiger partial charge in [-0.05, 0) is 65.6 Å². The number of piperazine rings is 1. The standard InChI is InChI=1S/C26H27BrF3N9O/c1-3-33-20-21(36-25(37-22(20)31)39-11-9-38(2)10-12-39)23(32)35-19-13-15(7-8-18(19)27)24(40)34-17-6-4-5-16(14-17)26(28,29)30/h3-8,13-14,33H,1,9-12H2,2H3,(H2,32,35)(H,34,40)(H2,31,36,37). The second-order valence-electron chi connectivity index (χ2n) is 8.97. The minimum atomic E-state index is -4.54. The number of halogens is 4. The van der Waals surface area contributed by atoms with Crippen molar-refractivity contribution in [2.75, 3.05) is 54.5 Å². The van der Waals surface area contributed by atoms with Crippen molar-refractivity contribution in [2.24, 2.45) is 10.7 Å². The van der Waals surface area contributed by atoms with Crippen molar-refractivity contribution in [1.29, 1.82) is 0 Å². The Hall–Kier alpha value is -4.17. The Balaban J connectivity index is 1.65. The Kier molecular flexibility index (Phi) is 8.59. The van der Waals surface area contributed by atoms with Crippen molar-refractivity contribution in [3.63, 3.8) is 0 Å². The van der Waals surface area contributed by atoms with E-state index >= 15 is 0 Å². The molecule has 2 aromatic carbocycles. The summed E-state index contributed by atoms with van der Waals surface area (Å²) in [6.45, 7) is 6.74. The van der Waals surface area contributed by atoms with E-state index in [0.717, 1.165) is 25.2 Å². The van der Waals surface area contributed by atoms with Gasteiger partial charge in [-0.25, -0.2) is 9.98 Å². The number of anilines is 4. The Labute approximate surface area is 237 Å². The number of amides is 1. The molecule has 210 valence electrons. The van der Waals surface area contributed by atoms with Crippen LogP contribution in [0.5, 0.6) is 0 Å². The van der Waals surface area contributed by atoms with Crippen LogP contribution in [0.1, 0.15) is 21.6 Å². The lowest BCUT2D eigenvalue weighted by Gasteiger charge is -2.32. The maximum atomic E-state index is 13.1. The topological polar surface area (TPSA) is 138 Å². The molecule has 14 heteroatoms. The number of carbonyl (C=O) groups excluding carboxylic acids is 1. The maximum absolute atomic E-state index is 13.1. The quantitative estimate of drug-likeness (QED) is 0.226. The molecule has 2 heterocycles. The van der Waals surface area contributed by atoms with Gasteiger partial charge in [0.05, 0.1) is 11.3 Å². The highest BCUT2D eigenvalue weighted by Crippen LogP contribution is 2.32. The van der Waals surface area contributed by atoms with E-state index in [1.165, 1.54) is 30.5 Å². The fourth-order valence-corrected chi connectivity index (χ4v) is 4.28. The lowest BCUT2D eigenvalue weighted by molar-refractivity contribution is -0.137. The van der Waals surface area contributed by atoms with Gasteiger partial charge in [-0.2, -0.15) is 18.2 Å². The first-order valence-corrected chi connectivity index (χ1v) is 12.9. The zero-order chi connectivity index (χ0) is 29.0. The second-order valence-corrected chi connectivity index (χ2v) is 9.82. The third-order valence-electron chi connectivity index (χ3n) is 6.10. The number of likely N-dealkylation sites (N-methyl/N-ethyl adjacent to an activating group) is 1. The first-order chi connectivity index (χ1) is 19.0. The van der Waals surface area contributed by atoms with Crippen LogP contribution in [0.15, 0.2) is 64.7 Å². The maximum Gasteiger partial charge on any atom is 0.416 e. The summed E-state index contributed by atoms with van der Waals surface area (Å²) in [5.41, 5.74) is 12.8. The molecule has 0 saturated carbocycles. The van der Waals surface area contributed by atoms with Gasteiger partial charge in [0.2, 0.25) is 5.95 Å². The minimum Gasteiger partial charge on any atom is -0.382 e. The first kappa shape index (κ1) is 28.8. The van der Waals surface area contributed by atoms with Gasteiger partial charge in [0.25, 0.3) is 5.91 Å². The summed E-state index contributed by atoms with van der Waals surface area (Å²) in [7, 11) is 2.03. The molecule has 3 aromatic rings. The molecule has 1 saturated heterocycles. The molecule has 1 fully saturated rings. The number of hydrogen-bond donors (Lipinski definition) is 4. The number of alkyl halides is 3. The largest absolute Gasteiger partial charge is 0.416 e. The fraction of sp³-hybridized carbons (Fsp3) is 0.231. The van der Waals surface area contributed by atoms with Crippen molar-refractivity contribution in [3.05, 3.63) is 76.5 Å². The molecule has 40 heavy (non-hydrogen) atoms. The summed E-state index contributed by atoms with van der Waals surface area (Å²) in [6, 6.07) is 8.91. The molecule has 6 N–H and O–H groups in total. The molecule has 0 spiro atoms. The smallest absolute Gasteiger partial charge is 0.382 e. The van der Waals surface area contributed by atoms with Gasteiger partial charge in [0.15, 0.2) is 11.7 Å². The normalized spacial score (nSPS) is 14.6. The zero-order valence-corrected chi connectivity index (χ0v) is 23.1. The Bertz CT molecular complexity index is 1450. The third kappa shape index (κ3) is 6.69. The van der Waals surface area contributed by atoms with E-state index in [1.54, 1.807) is 6.07 Å². The van der Waals surface area contributed by atoms with Crippen molar-refractivity contribution >= 4 is 56.5 Å².